The molecule has 0 fully saturated rings. The van der Waals surface area contributed by atoms with Crippen LogP contribution in [0, 0.1) is 6.92 Å². The van der Waals surface area contributed by atoms with E-state index < -0.39 is 10.0 Å². The molecule has 0 saturated carbocycles. The highest BCUT2D eigenvalue weighted by atomic mass is 79.9. The number of nitrogens with one attached hydrogen (secondary N) is 1. The van der Waals surface area contributed by atoms with Crippen molar-refractivity contribution in [1.29, 1.82) is 0 Å². The summed E-state index contributed by atoms with van der Waals surface area (Å²) >= 11 is 3.33. The van der Waals surface area contributed by atoms with Crippen LogP contribution in [0.15, 0.2) is 32.4 Å². The average molecular weight is 439 g/mol. The zero-order valence-corrected chi connectivity index (χ0v) is 16.2. The van der Waals surface area contributed by atoms with E-state index in [1.165, 1.54) is 16.7 Å². The van der Waals surface area contributed by atoms with E-state index in [2.05, 4.69) is 26.2 Å². The van der Waals surface area contributed by atoms with Crippen molar-refractivity contribution >= 4 is 43.5 Å². The zero-order chi connectivity index (χ0) is 18.6. The molecule has 4 rings (SSSR count). The summed E-state index contributed by atoms with van der Waals surface area (Å²) in [6.07, 6.45) is 0.930. The Balaban J connectivity index is 1.84. The lowest BCUT2D eigenvalue weighted by atomic mass is 10.0. The molecule has 8 nitrogen and oxygen atoms in total. The molecule has 0 spiro atoms. The van der Waals surface area contributed by atoms with Gasteiger partial charge in [0.25, 0.3) is 15.6 Å². The van der Waals surface area contributed by atoms with Gasteiger partial charge in [-0.15, -0.1) is 0 Å². The summed E-state index contributed by atoms with van der Waals surface area (Å²) < 4.78 is 29.4. The third-order valence-electron chi connectivity index (χ3n) is 4.49. The fourth-order valence-corrected chi connectivity index (χ4v) is 5.71. The van der Waals surface area contributed by atoms with Crippen LogP contribution in [0.1, 0.15) is 17.7 Å². The Bertz CT molecular complexity index is 1110. The monoisotopic (exact) mass is 438 g/mol. The van der Waals surface area contributed by atoms with Crippen molar-refractivity contribution in [3.63, 3.8) is 0 Å². The fourth-order valence-electron chi connectivity index (χ4n) is 3.22. The minimum Gasteiger partial charge on any atom is -0.326 e. The van der Waals surface area contributed by atoms with Crippen LogP contribution in [0.3, 0.4) is 0 Å². The molecule has 0 radical (unpaired) electrons. The molecule has 1 aromatic heterocycles. The third kappa shape index (κ3) is 2.64. The van der Waals surface area contributed by atoms with Crippen LogP contribution in [0.4, 0.5) is 11.6 Å². The Morgan fingerprint density at radius 1 is 1.15 bits per heavy atom. The molecule has 0 aliphatic carbocycles. The number of nitrogens with zero attached hydrogens (tertiary/aromatic N) is 3. The molecule has 2 aliphatic rings. The number of halogens is 1. The molecule has 10 heteroatoms. The van der Waals surface area contributed by atoms with Crippen LogP contribution in [0.2, 0.25) is 0 Å². The van der Waals surface area contributed by atoms with Gasteiger partial charge in [-0.05, 0) is 47.0 Å². The van der Waals surface area contributed by atoms with Crippen molar-refractivity contribution in [2.75, 3.05) is 16.2 Å². The van der Waals surface area contributed by atoms with Gasteiger partial charge < -0.3 is 5.32 Å². The summed E-state index contributed by atoms with van der Waals surface area (Å²) in [5, 5.41) is 2.71. The maximum atomic E-state index is 13.2. The van der Waals surface area contributed by atoms with E-state index in [1.54, 1.807) is 13.0 Å². The molecule has 136 valence electrons. The van der Waals surface area contributed by atoms with Gasteiger partial charge in [0.2, 0.25) is 11.9 Å². The highest BCUT2D eigenvalue weighted by molar-refractivity contribution is 9.10. The van der Waals surface area contributed by atoms with Gasteiger partial charge in [0.05, 0.1) is 6.54 Å². The predicted octanol–water partition coefficient (Wildman–Crippen LogP) is 1.41. The fraction of sp³-hybridized carbons (Fsp3) is 0.312. The number of benzene rings is 1. The van der Waals surface area contributed by atoms with Crippen LogP contribution in [-0.4, -0.2) is 30.4 Å². The standard InChI is InChI=1S/C16H15BrN4O4S/c1-9-6-15(23)20-4-5-21(16(20)18-9)26(24,25)13-8-12-10(7-11(13)17)2-3-14(22)19-12/h6-8H,2-5H2,1H3,(H,19,22). The zero-order valence-electron chi connectivity index (χ0n) is 13.8. The Labute approximate surface area is 158 Å². The number of sulfonamides is 1. The number of hydrogen-bond donors (Lipinski definition) is 1. The number of carbonyl (C=O) groups is 1. The number of hydrogen-bond acceptors (Lipinski definition) is 5. The van der Waals surface area contributed by atoms with Crippen LogP contribution < -0.4 is 15.2 Å². The predicted molar refractivity (Wildman–Crippen MR) is 98.9 cm³/mol. The topological polar surface area (TPSA) is 101 Å². The second kappa shape index (κ2) is 5.92. The van der Waals surface area contributed by atoms with Crippen molar-refractivity contribution in [2.45, 2.75) is 31.2 Å². The molecule has 3 heterocycles. The summed E-state index contributed by atoms with van der Waals surface area (Å²) in [6, 6.07) is 4.56. The highest BCUT2D eigenvalue weighted by Gasteiger charge is 2.35. The molecule has 0 atom stereocenters. The van der Waals surface area contributed by atoms with Crippen molar-refractivity contribution in [1.82, 2.24) is 9.55 Å². The summed E-state index contributed by atoms with van der Waals surface area (Å²) in [4.78, 5) is 28.0. The first-order valence-corrected chi connectivity index (χ1v) is 10.2. The Hall–Kier alpha value is -2.20. The molecule has 0 unspecified atom stereocenters. The summed E-state index contributed by atoms with van der Waals surface area (Å²) in [7, 11) is -3.95. The first kappa shape index (κ1) is 17.2. The van der Waals surface area contributed by atoms with Crippen LogP contribution >= 0.6 is 15.9 Å². The van der Waals surface area contributed by atoms with E-state index in [0.717, 1.165) is 9.87 Å². The molecule has 2 aliphatic heterocycles. The minimum absolute atomic E-state index is 0.0302. The van der Waals surface area contributed by atoms with E-state index in [0.29, 0.717) is 28.7 Å². The van der Waals surface area contributed by atoms with Gasteiger partial charge in [-0.3, -0.25) is 14.2 Å². The summed E-state index contributed by atoms with van der Waals surface area (Å²) in [5.41, 5.74) is 1.56. The number of carbonyl (C=O) groups excluding carboxylic acids is 1. The molecule has 1 aromatic carbocycles. The molecule has 0 saturated heterocycles. The number of fused-ring (bicyclic) bond motifs is 2. The lowest BCUT2D eigenvalue weighted by Crippen LogP contribution is -2.31. The van der Waals surface area contributed by atoms with Crippen LogP contribution in [-0.2, 0) is 27.8 Å². The number of amides is 1. The molecule has 1 amide bonds. The molecular formula is C16H15BrN4O4S. The molecule has 1 N–H and O–H groups in total. The molecule has 2 aromatic rings. The van der Waals surface area contributed by atoms with Crippen molar-refractivity contribution in [3.05, 3.63) is 44.3 Å². The Kier molecular flexibility index (Phi) is 3.92. The van der Waals surface area contributed by atoms with Gasteiger partial charge in [0.1, 0.15) is 4.90 Å². The Morgan fingerprint density at radius 3 is 2.69 bits per heavy atom. The van der Waals surface area contributed by atoms with Gasteiger partial charge in [-0.25, -0.2) is 17.7 Å². The minimum atomic E-state index is -3.95. The maximum Gasteiger partial charge on any atom is 0.267 e. The van der Waals surface area contributed by atoms with E-state index in [-0.39, 0.29) is 35.4 Å². The number of anilines is 2. The van der Waals surface area contributed by atoms with Gasteiger partial charge >= 0.3 is 0 Å². The van der Waals surface area contributed by atoms with Crippen molar-refractivity contribution in [2.24, 2.45) is 0 Å². The quantitative estimate of drug-likeness (QED) is 0.763. The van der Waals surface area contributed by atoms with Crippen molar-refractivity contribution in [3.8, 4) is 0 Å². The smallest absolute Gasteiger partial charge is 0.267 e. The van der Waals surface area contributed by atoms with Gasteiger partial charge in [0, 0.05) is 34.9 Å². The maximum absolute atomic E-state index is 13.2. The number of aromatic nitrogens is 2. The molecule has 0 bridgehead atoms. The van der Waals surface area contributed by atoms with Gasteiger partial charge in [-0.2, -0.15) is 0 Å². The first-order chi connectivity index (χ1) is 12.3. The number of aryl methyl sites for hydroxylation is 2. The van der Waals surface area contributed by atoms with Crippen LogP contribution in [0.25, 0.3) is 0 Å². The van der Waals surface area contributed by atoms with Crippen LogP contribution in [0.5, 0.6) is 0 Å². The van der Waals surface area contributed by atoms with Gasteiger partial charge in [-0.1, -0.05) is 0 Å². The molecule has 26 heavy (non-hydrogen) atoms. The van der Waals surface area contributed by atoms with E-state index >= 15 is 0 Å². The Morgan fingerprint density at radius 2 is 1.92 bits per heavy atom. The van der Waals surface area contributed by atoms with E-state index in [9.17, 15) is 18.0 Å². The van der Waals surface area contributed by atoms with E-state index in [4.69, 9.17) is 0 Å². The highest BCUT2D eigenvalue weighted by Crippen LogP contribution is 2.35. The lowest BCUT2D eigenvalue weighted by Gasteiger charge is -2.22. The van der Waals surface area contributed by atoms with E-state index in [1.807, 2.05) is 0 Å². The third-order valence-corrected chi connectivity index (χ3v) is 7.23. The average Bonchev–Trinajstić information content (AvgIpc) is 2.99. The summed E-state index contributed by atoms with van der Waals surface area (Å²) in [5.74, 6) is -0.0258. The van der Waals surface area contributed by atoms with Crippen molar-refractivity contribution < 1.29 is 13.2 Å². The lowest BCUT2D eigenvalue weighted by molar-refractivity contribution is -0.116. The van der Waals surface area contributed by atoms with Gasteiger partial charge in [0.15, 0.2) is 0 Å². The SMILES string of the molecule is Cc1cc(=O)n2c(n1)N(S(=O)(=O)c1cc3c(cc1Br)CCC(=O)N3)CC2. The second-order valence-corrected chi connectivity index (χ2v) is 8.94. The number of rotatable bonds is 2. The first-order valence-electron chi connectivity index (χ1n) is 8.01. The second-order valence-electron chi connectivity index (χ2n) is 6.25. The normalized spacial score (nSPS) is 16.2. The summed E-state index contributed by atoms with van der Waals surface area (Å²) in [6.45, 7) is 2.03. The molecular weight excluding hydrogens is 424 g/mol. The largest absolute Gasteiger partial charge is 0.326 e.